The highest BCUT2D eigenvalue weighted by molar-refractivity contribution is 6.05. The standard InChI is InChI=1S/C55H42N2/c1-55(2)52-30-18-17-29-50(52)51-34-32-45(38-53(51)55)57(44-26-13-6-14-27-44)47-36-41(35-46(37-47)56(42-22-9-4-10-23-42)43-24-11-5-12-25-43)54-48-28-16-15-21-40(48)31-33-49(54)39-19-7-3-8-20-39/h3-38H,1-2H3. The molecule has 10 rings (SSSR count). The van der Waals surface area contributed by atoms with Crippen LogP contribution in [-0.4, -0.2) is 0 Å². The van der Waals surface area contributed by atoms with E-state index < -0.39 is 0 Å². The Morgan fingerprint density at radius 2 is 0.807 bits per heavy atom. The first-order valence-corrected chi connectivity index (χ1v) is 19.8. The quantitative estimate of drug-likeness (QED) is 0.154. The average molecular weight is 731 g/mol. The summed E-state index contributed by atoms with van der Waals surface area (Å²) in [5.74, 6) is 0. The third-order valence-corrected chi connectivity index (χ3v) is 11.6. The van der Waals surface area contributed by atoms with Crippen molar-refractivity contribution in [3.05, 3.63) is 230 Å². The van der Waals surface area contributed by atoms with Crippen LogP contribution in [0.5, 0.6) is 0 Å². The molecule has 2 heteroatoms. The van der Waals surface area contributed by atoms with E-state index in [-0.39, 0.29) is 5.41 Å². The lowest BCUT2D eigenvalue weighted by molar-refractivity contribution is 0.660. The molecule has 0 saturated heterocycles. The van der Waals surface area contributed by atoms with Gasteiger partial charge in [0.1, 0.15) is 0 Å². The molecule has 9 aromatic carbocycles. The lowest BCUT2D eigenvalue weighted by atomic mass is 9.82. The summed E-state index contributed by atoms with van der Waals surface area (Å²) in [6.07, 6.45) is 0. The molecular formula is C55H42N2. The summed E-state index contributed by atoms with van der Waals surface area (Å²) in [6.45, 7) is 4.71. The van der Waals surface area contributed by atoms with Crippen LogP contribution in [-0.2, 0) is 5.41 Å². The lowest BCUT2D eigenvalue weighted by Gasteiger charge is -2.31. The molecule has 2 nitrogen and oxygen atoms in total. The van der Waals surface area contributed by atoms with Crippen molar-refractivity contribution in [3.8, 4) is 33.4 Å². The molecule has 0 saturated carbocycles. The Balaban J connectivity index is 1.28. The van der Waals surface area contributed by atoms with Crippen LogP contribution < -0.4 is 9.80 Å². The Morgan fingerprint density at radius 1 is 0.316 bits per heavy atom. The number of hydrogen-bond donors (Lipinski definition) is 0. The van der Waals surface area contributed by atoms with Gasteiger partial charge in [-0.3, -0.25) is 0 Å². The molecule has 0 amide bonds. The minimum absolute atomic E-state index is 0.137. The Labute approximate surface area is 335 Å². The van der Waals surface area contributed by atoms with E-state index in [0.29, 0.717) is 0 Å². The highest BCUT2D eigenvalue weighted by Gasteiger charge is 2.36. The van der Waals surface area contributed by atoms with Crippen LogP contribution in [0.25, 0.3) is 44.2 Å². The molecule has 1 aliphatic rings. The van der Waals surface area contributed by atoms with Crippen molar-refractivity contribution >= 4 is 44.9 Å². The molecule has 0 radical (unpaired) electrons. The zero-order valence-corrected chi connectivity index (χ0v) is 32.2. The maximum Gasteiger partial charge on any atom is 0.0488 e. The van der Waals surface area contributed by atoms with Gasteiger partial charge in [-0.25, -0.2) is 0 Å². The van der Waals surface area contributed by atoms with E-state index in [1.165, 1.54) is 49.7 Å². The van der Waals surface area contributed by atoms with Crippen molar-refractivity contribution in [2.75, 3.05) is 9.80 Å². The van der Waals surface area contributed by atoms with E-state index in [0.717, 1.165) is 39.7 Å². The van der Waals surface area contributed by atoms with Crippen molar-refractivity contribution in [1.29, 1.82) is 0 Å². The molecule has 272 valence electrons. The van der Waals surface area contributed by atoms with Gasteiger partial charge in [0.15, 0.2) is 0 Å². The van der Waals surface area contributed by atoms with Gasteiger partial charge in [0, 0.05) is 39.5 Å². The topological polar surface area (TPSA) is 6.48 Å². The Kier molecular flexibility index (Phi) is 8.53. The minimum Gasteiger partial charge on any atom is -0.310 e. The normalized spacial score (nSPS) is 12.5. The molecule has 0 atom stereocenters. The third-order valence-electron chi connectivity index (χ3n) is 11.6. The van der Waals surface area contributed by atoms with E-state index in [9.17, 15) is 0 Å². The van der Waals surface area contributed by atoms with Gasteiger partial charge in [-0.1, -0.05) is 166 Å². The van der Waals surface area contributed by atoms with Gasteiger partial charge >= 0.3 is 0 Å². The summed E-state index contributed by atoms with van der Waals surface area (Å²) in [5, 5.41) is 2.43. The number of fused-ring (bicyclic) bond motifs is 4. The second kappa shape index (κ2) is 14.2. The average Bonchev–Trinajstić information content (AvgIpc) is 3.50. The summed E-state index contributed by atoms with van der Waals surface area (Å²) >= 11 is 0. The van der Waals surface area contributed by atoms with Gasteiger partial charge < -0.3 is 9.80 Å². The molecule has 0 fully saturated rings. The molecule has 0 aromatic heterocycles. The third kappa shape index (κ3) is 6.07. The zero-order chi connectivity index (χ0) is 38.3. The minimum atomic E-state index is -0.137. The molecule has 0 bridgehead atoms. The number of rotatable bonds is 8. The van der Waals surface area contributed by atoms with Crippen LogP contribution in [0.15, 0.2) is 218 Å². The first kappa shape index (κ1) is 34.3. The predicted molar refractivity (Wildman–Crippen MR) is 242 cm³/mol. The van der Waals surface area contributed by atoms with Gasteiger partial charge in [0.05, 0.1) is 0 Å². The highest BCUT2D eigenvalue weighted by Crippen LogP contribution is 2.52. The van der Waals surface area contributed by atoms with Crippen LogP contribution in [0.2, 0.25) is 0 Å². The fourth-order valence-electron chi connectivity index (χ4n) is 8.90. The number of benzene rings is 9. The van der Waals surface area contributed by atoms with Gasteiger partial charge in [0.25, 0.3) is 0 Å². The molecule has 0 heterocycles. The molecule has 0 spiro atoms. The number of anilines is 6. The predicted octanol–water partition coefficient (Wildman–Crippen LogP) is 15.4. The Hall–Kier alpha value is -7.16. The molecule has 57 heavy (non-hydrogen) atoms. The van der Waals surface area contributed by atoms with Gasteiger partial charge in [-0.15, -0.1) is 0 Å². The van der Waals surface area contributed by atoms with Crippen molar-refractivity contribution in [2.45, 2.75) is 19.3 Å². The van der Waals surface area contributed by atoms with Crippen molar-refractivity contribution in [1.82, 2.24) is 0 Å². The largest absolute Gasteiger partial charge is 0.310 e. The fourth-order valence-corrected chi connectivity index (χ4v) is 8.90. The highest BCUT2D eigenvalue weighted by atomic mass is 15.2. The number of nitrogens with zero attached hydrogens (tertiary/aromatic N) is 2. The summed E-state index contributed by atoms with van der Waals surface area (Å²) in [4.78, 5) is 4.82. The maximum absolute atomic E-state index is 2.44. The molecule has 0 unspecified atom stereocenters. The number of hydrogen-bond acceptors (Lipinski definition) is 2. The lowest BCUT2D eigenvalue weighted by Crippen LogP contribution is -2.17. The molecule has 0 N–H and O–H groups in total. The van der Waals surface area contributed by atoms with E-state index in [1.54, 1.807) is 0 Å². The van der Waals surface area contributed by atoms with Crippen LogP contribution in [0.3, 0.4) is 0 Å². The Morgan fingerprint density at radius 3 is 1.44 bits per heavy atom. The van der Waals surface area contributed by atoms with Gasteiger partial charge in [-0.05, 0) is 122 Å². The summed E-state index contributed by atoms with van der Waals surface area (Å²) < 4.78 is 0. The van der Waals surface area contributed by atoms with Crippen LogP contribution in [0, 0.1) is 0 Å². The van der Waals surface area contributed by atoms with Crippen LogP contribution >= 0.6 is 0 Å². The monoisotopic (exact) mass is 730 g/mol. The van der Waals surface area contributed by atoms with Crippen molar-refractivity contribution < 1.29 is 0 Å². The number of para-hydroxylation sites is 3. The van der Waals surface area contributed by atoms with Crippen molar-refractivity contribution in [2.24, 2.45) is 0 Å². The second-order valence-corrected chi connectivity index (χ2v) is 15.4. The van der Waals surface area contributed by atoms with E-state index in [1.807, 2.05) is 0 Å². The van der Waals surface area contributed by atoms with Crippen molar-refractivity contribution in [3.63, 3.8) is 0 Å². The van der Waals surface area contributed by atoms with Crippen LogP contribution in [0.4, 0.5) is 34.1 Å². The molecule has 0 aliphatic heterocycles. The fraction of sp³-hybridized carbons (Fsp3) is 0.0545. The van der Waals surface area contributed by atoms with Gasteiger partial charge in [-0.2, -0.15) is 0 Å². The molecular weight excluding hydrogens is 689 g/mol. The molecule has 1 aliphatic carbocycles. The smallest absolute Gasteiger partial charge is 0.0488 e. The first-order chi connectivity index (χ1) is 28.0. The first-order valence-electron chi connectivity index (χ1n) is 19.8. The van der Waals surface area contributed by atoms with E-state index in [4.69, 9.17) is 0 Å². The SMILES string of the molecule is CC1(C)c2ccccc2-c2ccc(N(c3ccccc3)c3cc(-c4c(-c5ccccc5)ccc5ccccc45)cc(N(c4ccccc4)c4ccccc4)c3)cc21. The van der Waals surface area contributed by atoms with Gasteiger partial charge in [0.2, 0.25) is 0 Å². The summed E-state index contributed by atoms with van der Waals surface area (Å²) in [7, 11) is 0. The zero-order valence-electron chi connectivity index (χ0n) is 32.2. The summed E-state index contributed by atoms with van der Waals surface area (Å²) in [5.41, 5.74) is 16.5. The maximum atomic E-state index is 2.44. The Bertz CT molecular complexity index is 2820. The molecule has 9 aromatic rings. The van der Waals surface area contributed by atoms with Crippen LogP contribution in [0.1, 0.15) is 25.0 Å². The van der Waals surface area contributed by atoms with E-state index in [2.05, 4.69) is 242 Å². The second-order valence-electron chi connectivity index (χ2n) is 15.4. The van der Waals surface area contributed by atoms with E-state index >= 15 is 0 Å². The summed E-state index contributed by atoms with van der Waals surface area (Å²) in [6, 6.07) is 79.4.